The normalized spacial score (nSPS) is 14.8. The Morgan fingerprint density at radius 1 is 0.349 bits per heavy atom. The SMILES string of the molecule is C1=C(C2=C3C(=C(c4cccc5ccccc45)c4c3ccc3ccccc43)c3ccc4ccccc4c32)Cc2ccccc21. The fraction of sp³-hybridized carbons (Fsp3) is 0.0233. The number of hydrogen-bond donors (Lipinski definition) is 0. The predicted octanol–water partition coefficient (Wildman–Crippen LogP) is 11.0. The van der Waals surface area contributed by atoms with Crippen molar-refractivity contribution >= 4 is 60.7 Å². The molecule has 3 aliphatic carbocycles. The van der Waals surface area contributed by atoms with E-state index in [0.29, 0.717) is 0 Å². The molecule has 0 unspecified atom stereocenters. The maximum Gasteiger partial charge on any atom is -0.000707 e. The first-order valence-corrected chi connectivity index (χ1v) is 15.2. The summed E-state index contributed by atoms with van der Waals surface area (Å²) in [5, 5.41) is 7.81. The van der Waals surface area contributed by atoms with Crippen LogP contribution in [0.15, 0.2) is 145 Å². The summed E-state index contributed by atoms with van der Waals surface area (Å²) >= 11 is 0. The van der Waals surface area contributed by atoms with E-state index >= 15 is 0 Å². The number of rotatable bonds is 2. The van der Waals surface area contributed by atoms with E-state index in [1.54, 1.807) is 0 Å². The Morgan fingerprint density at radius 3 is 1.58 bits per heavy atom. The molecule has 0 nitrogen and oxygen atoms in total. The lowest BCUT2D eigenvalue weighted by molar-refractivity contribution is 1.26. The molecule has 0 heteroatoms. The highest BCUT2D eigenvalue weighted by molar-refractivity contribution is 6.39. The third kappa shape index (κ3) is 3.10. The summed E-state index contributed by atoms with van der Waals surface area (Å²) in [5.41, 5.74) is 16.5. The number of allylic oxidation sites excluding steroid dienone is 4. The van der Waals surface area contributed by atoms with Crippen LogP contribution in [0.5, 0.6) is 0 Å². The molecule has 10 rings (SSSR count). The second-order valence-electron chi connectivity index (χ2n) is 12.0. The molecule has 43 heavy (non-hydrogen) atoms. The van der Waals surface area contributed by atoms with Gasteiger partial charge in [0.25, 0.3) is 0 Å². The summed E-state index contributed by atoms with van der Waals surface area (Å²) in [4.78, 5) is 0. The molecule has 0 spiro atoms. The van der Waals surface area contributed by atoms with Crippen LogP contribution in [-0.2, 0) is 6.42 Å². The molecule has 0 aliphatic heterocycles. The average Bonchev–Trinajstić information content (AvgIpc) is 3.74. The van der Waals surface area contributed by atoms with Gasteiger partial charge in [0, 0.05) is 0 Å². The summed E-state index contributed by atoms with van der Waals surface area (Å²) in [6.07, 6.45) is 3.40. The zero-order valence-corrected chi connectivity index (χ0v) is 23.6. The van der Waals surface area contributed by atoms with E-state index in [1.165, 1.54) is 99.1 Å². The molecule has 7 aromatic rings. The predicted molar refractivity (Wildman–Crippen MR) is 183 cm³/mol. The Kier molecular flexibility index (Phi) is 4.59. The van der Waals surface area contributed by atoms with Crippen molar-refractivity contribution in [1.82, 2.24) is 0 Å². The Labute approximate surface area is 250 Å². The third-order valence-corrected chi connectivity index (χ3v) is 9.79. The molecular formula is C43H26. The first-order chi connectivity index (χ1) is 21.3. The van der Waals surface area contributed by atoms with E-state index in [2.05, 4.69) is 146 Å². The van der Waals surface area contributed by atoms with Gasteiger partial charge in [0.2, 0.25) is 0 Å². The molecule has 0 fully saturated rings. The van der Waals surface area contributed by atoms with E-state index in [9.17, 15) is 0 Å². The van der Waals surface area contributed by atoms with Crippen LogP contribution in [0.25, 0.3) is 60.7 Å². The summed E-state index contributed by atoms with van der Waals surface area (Å²) in [5.74, 6) is 0. The van der Waals surface area contributed by atoms with Crippen molar-refractivity contribution in [2.24, 2.45) is 0 Å². The Hall–Kier alpha value is -5.46. The zero-order valence-electron chi connectivity index (χ0n) is 23.6. The molecule has 0 aromatic heterocycles. The van der Waals surface area contributed by atoms with Gasteiger partial charge in [-0.2, -0.15) is 0 Å². The van der Waals surface area contributed by atoms with Crippen LogP contribution in [0.4, 0.5) is 0 Å². The van der Waals surface area contributed by atoms with Crippen LogP contribution in [0.3, 0.4) is 0 Å². The second-order valence-corrected chi connectivity index (χ2v) is 12.0. The number of hydrogen-bond acceptors (Lipinski definition) is 0. The van der Waals surface area contributed by atoms with E-state index < -0.39 is 0 Å². The van der Waals surface area contributed by atoms with Gasteiger partial charge in [0.15, 0.2) is 0 Å². The van der Waals surface area contributed by atoms with Crippen LogP contribution in [0, 0.1) is 0 Å². The molecule has 198 valence electrons. The minimum Gasteiger partial charge on any atom is -0.0619 e. The van der Waals surface area contributed by atoms with Crippen molar-refractivity contribution in [3.05, 3.63) is 184 Å². The molecule has 3 aliphatic rings. The summed E-state index contributed by atoms with van der Waals surface area (Å²) in [7, 11) is 0. The number of fused-ring (bicyclic) bond motifs is 11. The lowest BCUT2D eigenvalue weighted by Gasteiger charge is -2.17. The maximum atomic E-state index is 2.45. The van der Waals surface area contributed by atoms with Crippen LogP contribution in [0.1, 0.15) is 38.9 Å². The first kappa shape index (κ1) is 23.1. The van der Waals surface area contributed by atoms with Crippen molar-refractivity contribution in [3.63, 3.8) is 0 Å². The second kappa shape index (κ2) is 8.53. The molecule has 0 radical (unpaired) electrons. The average molecular weight is 543 g/mol. The fourth-order valence-electron chi connectivity index (χ4n) is 8.01. The van der Waals surface area contributed by atoms with Gasteiger partial charge in [-0.3, -0.25) is 0 Å². The minimum atomic E-state index is 0.956. The van der Waals surface area contributed by atoms with Crippen molar-refractivity contribution in [2.75, 3.05) is 0 Å². The van der Waals surface area contributed by atoms with Gasteiger partial charge >= 0.3 is 0 Å². The van der Waals surface area contributed by atoms with Gasteiger partial charge in [0.05, 0.1) is 0 Å². The van der Waals surface area contributed by atoms with Gasteiger partial charge in [-0.15, -0.1) is 0 Å². The molecular weight excluding hydrogens is 516 g/mol. The standard InChI is InChI=1S/C43H26/c1-2-14-30-25-31(24-29(30)13-1)38-39-33-17-7-4-11-27(33)20-22-36(39)43-41(35-19-9-15-26-10-3-6-16-32(26)35)40-34-18-8-5-12-28(34)21-23-37(40)42(38)43/h1-24H,25H2. The van der Waals surface area contributed by atoms with E-state index in [-0.39, 0.29) is 0 Å². The molecule has 0 saturated carbocycles. The molecule has 7 aromatic carbocycles. The molecule has 0 N–H and O–H groups in total. The highest BCUT2D eigenvalue weighted by Gasteiger charge is 2.40. The molecule has 0 saturated heterocycles. The highest BCUT2D eigenvalue weighted by Crippen LogP contribution is 2.62. The topological polar surface area (TPSA) is 0 Å². The van der Waals surface area contributed by atoms with Crippen LogP contribution < -0.4 is 0 Å². The summed E-state index contributed by atoms with van der Waals surface area (Å²) in [6, 6.07) is 51.8. The van der Waals surface area contributed by atoms with Gasteiger partial charge < -0.3 is 0 Å². The lowest BCUT2D eigenvalue weighted by atomic mass is 9.86. The van der Waals surface area contributed by atoms with Crippen LogP contribution >= 0.6 is 0 Å². The number of benzene rings is 7. The quantitative estimate of drug-likeness (QED) is 0.204. The van der Waals surface area contributed by atoms with Gasteiger partial charge in [0.1, 0.15) is 0 Å². The zero-order chi connectivity index (χ0) is 28.1. The lowest BCUT2D eigenvalue weighted by Crippen LogP contribution is -1.96. The molecule has 0 atom stereocenters. The molecule has 0 heterocycles. The van der Waals surface area contributed by atoms with Crippen LogP contribution in [-0.4, -0.2) is 0 Å². The summed E-state index contributed by atoms with van der Waals surface area (Å²) < 4.78 is 0. The van der Waals surface area contributed by atoms with Crippen molar-refractivity contribution in [1.29, 1.82) is 0 Å². The van der Waals surface area contributed by atoms with Gasteiger partial charge in [-0.25, -0.2) is 0 Å². The minimum absolute atomic E-state index is 0.956. The largest absolute Gasteiger partial charge is 0.0619 e. The maximum absolute atomic E-state index is 2.45. The monoisotopic (exact) mass is 542 g/mol. The molecule has 0 bridgehead atoms. The smallest absolute Gasteiger partial charge is 0.000707 e. The van der Waals surface area contributed by atoms with E-state index in [1.807, 2.05) is 0 Å². The van der Waals surface area contributed by atoms with E-state index in [0.717, 1.165) is 6.42 Å². The summed E-state index contributed by atoms with van der Waals surface area (Å²) in [6.45, 7) is 0. The van der Waals surface area contributed by atoms with Crippen molar-refractivity contribution < 1.29 is 0 Å². The van der Waals surface area contributed by atoms with Crippen LogP contribution in [0.2, 0.25) is 0 Å². The third-order valence-electron chi connectivity index (χ3n) is 9.79. The molecule has 0 amide bonds. The van der Waals surface area contributed by atoms with Gasteiger partial charge in [-0.1, -0.05) is 146 Å². The fourth-order valence-corrected chi connectivity index (χ4v) is 8.01. The van der Waals surface area contributed by atoms with E-state index in [4.69, 9.17) is 0 Å². The van der Waals surface area contributed by atoms with Gasteiger partial charge in [-0.05, 0) is 106 Å². The van der Waals surface area contributed by atoms with Crippen molar-refractivity contribution in [3.8, 4) is 0 Å². The van der Waals surface area contributed by atoms with Crippen molar-refractivity contribution in [2.45, 2.75) is 6.42 Å². The Balaban J connectivity index is 1.41. The Bertz CT molecular complexity index is 2460. The Morgan fingerprint density at radius 2 is 0.884 bits per heavy atom. The first-order valence-electron chi connectivity index (χ1n) is 15.2. The highest BCUT2D eigenvalue weighted by atomic mass is 14.4.